The van der Waals surface area contributed by atoms with Gasteiger partial charge in [0.25, 0.3) is 5.91 Å². The van der Waals surface area contributed by atoms with Crippen LogP contribution in [0.15, 0.2) is 71.5 Å². The average molecular weight is 427 g/mol. The second-order valence-electron chi connectivity index (χ2n) is 5.92. The van der Waals surface area contributed by atoms with Crippen LogP contribution < -0.4 is 10.6 Å². The Morgan fingerprint density at radius 2 is 1.67 bits per heavy atom. The number of halogens is 1. The molecule has 1 heterocycles. The number of carbonyl (C=O) groups is 2. The Hall–Kier alpha value is -2.93. The molecule has 27 heavy (non-hydrogen) atoms. The van der Waals surface area contributed by atoms with Gasteiger partial charge >= 0.3 is 0 Å². The first kappa shape index (κ1) is 18.8. The molecule has 7 heteroatoms. The fourth-order valence-electron chi connectivity index (χ4n) is 2.53. The molecular weight excluding hydrogens is 408 g/mol. The van der Waals surface area contributed by atoms with Crippen LogP contribution in [-0.4, -0.2) is 34.7 Å². The maximum Gasteiger partial charge on any atom is 0.251 e. The predicted octanol–water partition coefficient (Wildman–Crippen LogP) is 2.72. The number of amides is 2. The Balaban J connectivity index is 1.42. The molecule has 2 aromatic carbocycles. The summed E-state index contributed by atoms with van der Waals surface area (Å²) in [7, 11) is 0. The number of carbonyl (C=O) groups excluding carboxylic acids is 2. The lowest BCUT2D eigenvalue weighted by Gasteiger charge is -2.08. The van der Waals surface area contributed by atoms with Gasteiger partial charge in [0, 0.05) is 24.8 Å². The molecule has 2 N–H and O–H groups in total. The first-order chi connectivity index (χ1) is 13.1. The molecule has 0 aliphatic heterocycles. The second kappa shape index (κ2) is 9.14. The third kappa shape index (κ3) is 5.52. The summed E-state index contributed by atoms with van der Waals surface area (Å²) in [5, 5.41) is 9.80. The van der Waals surface area contributed by atoms with Crippen molar-refractivity contribution >= 4 is 27.7 Å². The summed E-state index contributed by atoms with van der Waals surface area (Å²) in [6.07, 6.45) is 3.87. The minimum atomic E-state index is -0.180. The molecule has 6 nitrogen and oxygen atoms in total. The second-order valence-corrected chi connectivity index (χ2v) is 6.83. The first-order valence-corrected chi connectivity index (χ1v) is 9.30. The molecule has 0 saturated carbocycles. The van der Waals surface area contributed by atoms with Crippen LogP contribution in [0, 0.1) is 0 Å². The van der Waals surface area contributed by atoms with Gasteiger partial charge in [0.1, 0.15) is 0 Å². The molecule has 0 atom stereocenters. The zero-order valence-corrected chi connectivity index (χ0v) is 16.1. The molecule has 0 fully saturated rings. The lowest BCUT2D eigenvalue weighted by Crippen LogP contribution is -2.35. The van der Waals surface area contributed by atoms with Crippen LogP contribution in [0.5, 0.6) is 0 Å². The van der Waals surface area contributed by atoms with Crippen molar-refractivity contribution in [3.05, 3.63) is 82.6 Å². The minimum absolute atomic E-state index is 0.0646. The molecule has 0 spiro atoms. The van der Waals surface area contributed by atoms with Crippen LogP contribution >= 0.6 is 15.9 Å². The van der Waals surface area contributed by atoms with Crippen molar-refractivity contribution in [3.63, 3.8) is 0 Å². The highest BCUT2D eigenvalue weighted by Gasteiger charge is 2.07. The average Bonchev–Trinajstić information content (AvgIpc) is 3.12. The number of hydrogen-bond acceptors (Lipinski definition) is 3. The fourth-order valence-corrected chi connectivity index (χ4v) is 2.82. The van der Waals surface area contributed by atoms with E-state index in [-0.39, 0.29) is 11.8 Å². The first-order valence-electron chi connectivity index (χ1n) is 8.51. The molecule has 0 aliphatic carbocycles. The fraction of sp³-hybridized carbons (Fsp3) is 0.150. The summed E-state index contributed by atoms with van der Waals surface area (Å²) in [4.78, 5) is 24.0. The van der Waals surface area contributed by atoms with Crippen molar-refractivity contribution in [1.82, 2.24) is 20.4 Å². The molecule has 2 amide bonds. The molecular formula is C20H19BrN4O2. The van der Waals surface area contributed by atoms with Crippen LogP contribution in [0.4, 0.5) is 0 Å². The van der Waals surface area contributed by atoms with Gasteiger partial charge in [-0.1, -0.05) is 30.3 Å². The zero-order chi connectivity index (χ0) is 19.1. The van der Waals surface area contributed by atoms with E-state index in [2.05, 4.69) is 31.7 Å². The normalized spacial score (nSPS) is 10.4. The summed E-state index contributed by atoms with van der Waals surface area (Å²) in [5.41, 5.74) is 2.38. The van der Waals surface area contributed by atoms with Gasteiger partial charge in [0.15, 0.2) is 0 Å². The monoisotopic (exact) mass is 426 g/mol. The Bertz CT molecular complexity index is 907. The lowest BCUT2D eigenvalue weighted by atomic mass is 10.1. The van der Waals surface area contributed by atoms with E-state index in [1.165, 1.54) is 0 Å². The highest BCUT2D eigenvalue weighted by Crippen LogP contribution is 2.13. The Labute approximate surface area is 165 Å². The van der Waals surface area contributed by atoms with Crippen LogP contribution in [0.25, 0.3) is 5.69 Å². The van der Waals surface area contributed by atoms with Crippen LogP contribution in [0.3, 0.4) is 0 Å². The van der Waals surface area contributed by atoms with Gasteiger partial charge in [-0.15, -0.1) is 0 Å². The topological polar surface area (TPSA) is 76.0 Å². The van der Waals surface area contributed by atoms with Crippen molar-refractivity contribution in [3.8, 4) is 5.69 Å². The van der Waals surface area contributed by atoms with E-state index in [0.717, 1.165) is 15.7 Å². The predicted molar refractivity (Wildman–Crippen MR) is 107 cm³/mol. The largest absolute Gasteiger partial charge is 0.354 e. The van der Waals surface area contributed by atoms with Crippen molar-refractivity contribution in [2.45, 2.75) is 6.42 Å². The molecule has 0 unspecified atom stereocenters. The molecule has 0 bridgehead atoms. The summed E-state index contributed by atoms with van der Waals surface area (Å²) >= 11 is 3.35. The molecule has 0 saturated heterocycles. The number of aromatic nitrogens is 2. The quantitative estimate of drug-likeness (QED) is 0.570. The minimum Gasteiger partial charge on any atom is -0.354 e. The van der Waals surface area contributed by atoms with Gasteiger partial charge in [-0.2, -0.15) is 5.10 Å². The van der Waals surface area contributed by atoms with Gasteiger partial charge in [0.05, 0.1) is 22.8 Å². The van der Waals surface area contributed by atoms with Gasteiger partial charge in [0.2, 0.25) is 5.91 Å². The third-order valence-electron chi connectivity index (χ3n) is 3.89. The Kier molecular flexibility index (Phi) is 6.38. The third-order valence-corrected chi connectivity index (χ3v) is 4.29. The Morgan fingerprint density at radius 3 is 2.33 bits per heavy atom. The summed E-state index contributed by atoms with van der Waals surface area (Å²) in [6.45, 7) is 0.754. The molecule has 1 aromatic heterocycles. The van der Waals surface area contributed by atoms with E-state index in [1.807, 2.05) is 48.7 Å². The van der Waals surface area contributed by atoms with Gasteiger partial charge in [-0.05, 0) is 45.8 Å². The highest BCUT2D eigenvalue weighted by molar-refractivity contribution is 9.10. The van der Waals surface area contributed by atoms with E-state index in [0.29, 0.717) is 25.1 Å². The maximum atomic E-state index is 12.2. The van der Waals surface area contributed by atoms with Crippen molar-refractivity contribution < 1.29 is 9.59 Å². The number of benzene rings is 2. The summed E-state index contributed by atoms with van der Waals surface area (Å²) < 4.78 is 2.60. The lowest BCUT2D eigenvalue weighted by molar-refractivity contribution is -0.120. The SMILES string of the molecule is O=C(Cc1ccccc1)NCCNC(=O)c1ccc(-n2cc(Br)cn2)cc1. The number of rotatable bonds is 7. The van der Waals surface area contributed by atoms with Crippen molar-refractivity contribution in [2.75, 3.05) is 13.1 Å². The maximum absolute atomic E-state index is 12.2. The van der Waals surface area contributed by atoms with Gasteiger partial charge in [-0.25, -0.2) is 4.68 Å². The van der Waals surface area contributed by atoms with E-state index >= 15 is 0 Å². The summed E-state index contributed by atoms with van der Waals surface area (Å²) in [6, 6.07) is 16.7. The van der Waals surface area contributed by atoms with Crippen molar-refractivity contribution in [1.29, 1.82) is 0 Å². The molecule has 0 aliphatic rings. The number of nitrogens with one attached hydrogen (secondary N) is 2. The van der Waals surface area contributed by atoms with Crippen LogP contribution in [-0.2, 0) is 11.2 Å². The standard InChI is InChI=1S/C20H19BrN4O2/c21-17-13-24-25(14-17)18-8-6-16(7-9-18)20(27)23-11-10-22-19(26)12-15-4-2-1-3-5-15/h1-9,13-14H,10-12H2,(H,22,26)(H,23,27). The smallest absolute Gasteiger partial charge is 0.251 e. The van der Waals surface area contributed by atoms with E-state index in [9.17, 15) is 9.59 Å². The van der Waals surface area contributed by atoms with Gasteiger partial charge < -0.3 is 10.6 Å². The van der Waals surface area contributed by atoms with Crippen molar-refractivity contribution in [2.24, 2.45) is 0 Å². The zero-order valence-electron chi connectivity index (χ0n) is 14.6. The Morgan fingerprint density at radius 1 is 0.963 bits per heavy atom. The molecule has 0 radical (unpaired) electrons. The highest BCUT2D eigenvalue weighted by atomic mass is 79.9. The van der Waals surface area contributed by atoms with E-state index < -0.39 is 0 Å². The number of hydrogen-bond donors (Lipinski definition) is 2. The molecule has 3 aromatic rings. The van der Waals surface area contributed by atoms with Crippen LogP contribution in [0.2, 0.25) is 0 Å². The van der Waals surface area contributed by atoms with E-state index in [4.69, 9.17) is 0 Å². The number of nitrogens with zero attached hydrogens (tertiary/aromatic N) is 2. The summed E-state index contributed by atoms with van der Waals surface area (Å²) in [5.74, 6) is -0.245. The van der Waals surface area contributed by atoms with Gasteiger partial charge in [-0.3, -0.25) is 9.59 Å². The molecule has 138 valence electrons. The molecule has 3 rings (SSSR count). The van der Waals surface area contributed by atoms with E-state index in [1.54, 1.807) is 23.0 Å². The van der Waals surface area contributed by atoms with Crippen LogP contribution in [0.1, 0.15) is 15.9 Å².